The summed E-state index contributed by atoms with van der Waals surface area (Å²) in [6.45, 7) is 4.44. The van der Waals surface area contributed by atoms with Gasteiger partial charge < -0.3 is 10.0 Å². The molecule has 2 saturated heterocycles. The number of aliphatic hydroxyl groups excluding tert-OH is 1. The largest absolute Gasteiger partial charge is 0.396 e. The van der Waals surface area contributed by atoms with Crippen molar-refractivity contribution in [2.24, 2.45) is 5.41 Å². The maximum atomic E-state index is 13.4. The standard InChI is InChI=1S/C24H29NO2/c1-17(2)19-9-6-10-20(13-19)23(27)25-21-11-12-22(25)24(15-21,16-26)14-18-7-4-3-5-8-18/h3-10,13,17,21-22,26H,11-12,14-16H2,1-2H3/t21-,22+,24-/m0/s1. The fourth-order valence-electron chi connectivity index (χ4n) is 5.20. The number of nitrogens with zero attached hydrogens (tertiary/aromatic N) is 1. The maximum Gasteiger partial charge on any atom is 0.254 e. The number of amides is 1. The summed E-state index contributed by atoms with van der Waals surface area (Å²) in [5.41, 5.74) is 3.01. The third-order valence-electron chi connectivity index (χ3n) is 6.60. The predicted molar refractivity (Wildman–Crippen MR) is 108 cm³/mol. The molecule has 0 radical (unpaired) electrons. The van der Waals surface area contributed by atoms with Gasteiger partial charge in [0.2, 0.25) is 0 Å². The topological polar surface area (TPSA) is 40.5 Å². The Morgan fingerprint density at radius 3 is 2.63 bits per heavy atom. The lowest BCUT2D eigenvalue weighted by molar-refractivity contribution is 0.0571. The van der Waals surface area contributed by atoms with E-state index < -0.39 is 0 Å². The van der Waals surface area contributed by atoms with Gasteiger partial charge >= 0.3 is 0 Å². The van der Waals surface area contributed by atoms with Crippen LogP contribution in [0.5, 0.6) is 0 Å². The third-order valence-corrected chi connectivity index (χ3v) is 6.60. The molecule has 2 aromatic rings. The number of hydrogen-bond donors (Lipinski definition) is 1. The fraction of sp³-hybridized carbons (Fsp3) is 0.458. The monoisotopic (exact) mass is 363 g/mol. The van der Waals surface area contributed by atoms with Gasteiger partial charge in [0.05, 0.1) is 6.61 Å². The highest BCUT2D eigenvalue weighted by atomic mass is 16.3. The van der Waals surface area contributed by atoms with Gasteiger partial charge in [0, 0.05) is 23.1 Å². The second-order valence-electron chi connectivity index (χ2n) is 8.63. The van der Waals surface area contributed by atoms with Crippen LogP contribution in [0.15, 0.2) is 54.6 Å². The molecule has 2 bridgehead atoms. The molecule has 0 saturated carbocycles. The average molecular weight is 364 g/mol. The van der Waals surface area contributed by atoms with Gasteiger partial charge in [-0.05, 0) is 54.9 Å². The number of benzene rings is 2. The average Bonchev–Trinajstić information content (AvgIpc) is 3.24. The van der Waals surface area contributed by atoms with E-state index in [0.717, 1.165) is 31.2 Å². The molecular weight excluding hydrogens is 334 g/mol. The Hall–Kier alpha value is -2.13. The summed E-state index contributed by atoms with van der Waals surface area (Å²) in [6.07, 6.45) is 3.78. The summed E-state index contributed by atoms with van der Waals surface area (Å²) < 4.78 is 0. The van der Waals surface area contributed by atoms with Crippen molar-refractivity contribution in [1.82, 2.24) is 4.90 Å². The van der Waals surface area contributed by atoms with Gasteiger partial charge in [0.25, 0.3) is 5.91 Å². The van der Waals surface area contributed by atoms with Gasteiger partial charge in [0.1, 0.15) is 0 Å². The maximum absolute atomic E-state index is 13.4. The molecule has 1 N–H and O–H groups in total. The lowest BCUT2D eigenvalue weighted by Crippen LogP contribution is -2.44. The molecule has 0 aliphatic carbocycles. The van der Waals surface area contributed by atoms with E-state index in [4.69, 9.17) is 0 Å². The number of fused-ring (bicyclic) bond motifs is 2. The summed E-state index contributed by atoms with van der Waals surface area (Å²) in [7, 11) is 0. The van der Waals surface area contributed by atoms with Crippen LogP contribution in [0.1, 0.15) is 60.5 Å². The van der Waals surface area contributed by atoms with Crippen molar-refractivity contribution in [1.29, 1.82) is 0 Å². The second-order valence-corrected chi connectivity index (χ2v) is 8.63. The van der Waals surface area contributed by atoms with E-state index in [9.17, 15) is 9.90 Å². The summed E-state index contributed by atoms with van der Waals surface area (Å²) >= 11 is 0. The van der Waals surface area contributed by atoms with Crippen molar-refractivity contribution in [3.8, 4) is 0 Å². The molecule has 1 amide bonds. The molecule has 4 rings (SSSR count). The zero-order valence-corrected chi connectivity index (χ0v) is 16.3. The highest BCUT2D eigenvalue weighted by Gasteiger charge is 2.57. The summed E-state index contributed by atoms with van der Waals surface area (Å²) in [6, 6.07) is 18.8. The van der Waals surface area contributed by atoms with Crippen molar-refractivity contribution >= 4 is 5.91 Å². The van der Waals surface area contributed by atoms with Crippen molar-refractivity contribution in [3.63, 3.8) is 0 Å². The fourth-order valence-corrected chi connectivity index (χ4v) is 5.20. The first kappa shape index (κ1) is 18.2. The van der Waals surface area contributed by atoms with Crippen molar-refractivity contribution in [2.75, 3.05) is 6.61 Å². The van der Waals surface area contributed by atoms with Gasteiger partial charge in [-0.3, -0.25) is 4.79 Å². The molecule has 142 valence electrons. The van der Waals surface area contributed by atoms with E-state index in [1.165, 1.54) is 11.1 Å². The van der Waals surface area contributed by atoms with Crippen LogP contribution in [-0.4, -0.2) is 34.6 Å². The van der Waals surface area contributed by atoms with E-state index in [1.807, 2.05) is 36.4 Å². The molecule has 0 aromatic heterocycles. The molecule has 2 aliphatic rings. The Morgan fingerprint density at radius 1 is 1.15 bits per heavy atom. The number of carbonyl (C=O) groups excluding carboxylic acids is 1. The first-order chi connectivity index (χ1) is 13.0. The summed E-state index contributed by atoms with van der Waals surface area (Å²) in [5, 5.41) is 10.3. The van der Waals surface area contributed by atoms with Crippen LogP contribution in [0.25, 0.3) is 0 Å². The Labute approximate surface area is 162 Å². The second kappa shape index (κ2) is 7.12. The molecule has 3 heteroatoms. The molecule has 0 unspecified atom stereocenters. The van der Waals surface area contributed by atoms with E-state index >= 15 is 0 Å². The minimum Gasteiger partial charge on any atom is -0.396 e. The Morgan fingerprint density at radius 2 is 1.93 bits per heavy atom. The Bertz CT molecular complexity index is 816. The first-order valence-corrected chi connectivity index (χ1v) is 10.1. The van der Waals surface area contributed by atoms with Crippen LogP contribution in [0.3, 0.4) is 0 Å². The van der Waals surface area contributed by atoms with E-state index in [-0.39, 0.29) is 30.0 Å². The first-order valence-electron chi connectivity index (χ1n) is 10.1. The zero-order valence-electron chi connectivity index (χ0n) is 16.3. The van der Waals surface area contributed by atoms with Crippen LogP contribution in [0.2, 0.25) is 0 Å². The SMILES string of the molecule is CC(C)c1cccc(C(=O)N2[C@H]3CC[C@@H]2[C@@](CO)(Cc2ccccc2)C3)c1. The number of aliphatic hydroxyl groups is 1. The predicted octanol–water partition coefficient (Wildman–Crippen LogP) is 4.41. The van der Waals surface area contributed by atoms with Crippen LogP contribution in [-0.2, 0) is 6.42 Å². The van der Waals surface area contributed by atoms with Gasteiger partial charge in [0.15, 0.2) is 0 Å². The summed E-state index contributed by atoms with van der Waals surface area (Å²) in [4.78, 5) is 15.5. The highest BCUT2D eigenvalue weighted by Crippen LogP contribution is 2.51. The molecule has 27 heavy (non-hydrogen) atoms. The zero-order chi connectivity index (χ0) is 19.0. The molecule has 0 spiro atoms. The van der Waals surface area contributed by atoms with Gasteiger partial charge in [-0.1, -0.05) is 56.3 Å². The molecule has 2 aliphatic heterocycles. The van der Waals surface area contributed by atoms with E-state index in [0.29, 0.717) is 5.92 Å². The lowest BCUT2D eigenvalue weighted by Gasteiger charge is -2.36. The van der Waals surface area contributed by atoms with Crippen molar-refractivity contribution in [2.45, 2.75) is 57.5 Å². The van der Waals surface area contributed by atoms with Gasteiger partial charge in [-0.2, -0.15) is 0 Å². The number of rotatable bonds is 5. The molecule has 2 heterocycles. The van der Waals surface area contributed by atoms with E-state index in [1.54, 1.807) is 0 Å². The number of carbonyl (C=O) groups is 1. The lowest BCUT2D eigenvalue weighted by atomic mass is 9.70. The Kier molecular flexibility index (Phi) is 4.81. The van der Waals surface area contributed by atoms with Crippen molar-refractivity contribution in [3.05, 3.63) is 71.3 Å². The minimum absolute atomic E-state index is 0.128. The van der Waals surface area contributed by atoms with Crippen LogP contribution < -0.4 is 0 Å². The van der Waals surface area contributed by atoms with Gasteiger partial charge in [-0.25, -0.2) is 0 Å². The van der Waals surface area contributed by atoms with E-state index in [2.05, 4.69) is 36.9 Å². The third kappa shape index (κ3) is 3.19. The van der Waals surface area contributed by atoms with Crippen LogP contribution in [0, 0.1) is 5.41 Å². The number of hydrogen-bond acceptors (Lipinski definition) is 2. The van der Waals surface area contributed by atoms with Gasteiger partial charge in [-0.15, -0.1) is 0 Å². The molecular formula is C24H29NO2. The smallest absolute Gasteiger partial charge is 0.254 e. The Balaban J connectivity index is 1.61. The molecule has 3 nitrogen and oxygen atoms in total. The quantitative estimate of drug-likeness (QED) is 0.855. The molecule has 3 atom stereocenters. The van der Waals surface area contributed by atoms with Crippen LogP contribution in [0.4, 0.5) is 0 Å². The normalized spacial score (nSPS) is 26.7. The highest BCUT2D eigenvalue weighted by molar-refractivity contribution is 5.95. The molecule has 2 aromatic carbocycles. The van der Waals surface area contributed by atoms with Crippen molar-refractivity contribution < 1.29 is 9.90 Å². The minimum atomic E-state index is -0.213. The van der Waals surface area contributed by atoms with Crippen LogP contribution >= 0.6 is 0 Å². The summed E-state index contributed by atoms with van der Waals surface area (Å²) in [5.74, 6) is 0.538. The molecule has 2 fully saturated rings.